The first-order valence-electron chi connectivity index (χ1n) is 6.11. The van der Waals surface area contributed by atoms with Gasteiger partial charge in [0, 0.05) is 6.54 Å². The Kier molecular flexibility index (Phi) is 10.2. The van der Waals surface area contributed by atoms with Crippen molar-refractivity contribution in [2.24, 2.45) is 5.92 Å². The van der Waals surface area contributed by atoms with Crippen LogP contribution in [0.2, 0.25) is 10.0 Å². The Morgan fingerprint density at radius 1 is 1.16 bits per heavy atom. The molecular formula is C13H18Cl4N2-2. The van der Waals surface area contributed by atoms with Gasteiger partial charge < -0.3 is 35.4 Å². The van der Waals surface area contributed by atoms with Crippen LogP contribution >= 0.6 is 23.2 Å². The van der Waals surface area contributed by atoms with E-state index in [1.165, 1.54) is 12.8 Å². The number of benzene rings is 1. The van der Waals surface area contributed by atoms with Gasteiger partial charge in [-0.1, -0.05) is 35.3 Å². The van der Waals surface area contributed by atoms with Gasteiger partial charge in [-0.25, -0.2) is 0 Å². The smallest absolute Gasteiger partial charge is 0.0637 e. The summed E-state index contributed by atoms with van der Waals surface area (Å²) in [6.07, 6.45) is 2.52. The van der Waals surface area contributed by atoms with Gasteiger partial charge in [-0.2, -0.15) is 0 Å². The third-order valence-electron chi connectivity index (χ3n) is 3.24. The lowest BCUT2D eigenvalue weighted by molar-refractivity contribution is -0.00100. The second kappa shape index (κ2) is 10.1. The highest BCUT2D eigenvalue weighted by molar-refractivity contribution is 6.42. The van der Waals surface area contributed by atoms with E-state index in [1.807, 2.05) is 18.2 Å². The molecule has 2 rings (SSSR count). The molecule has 0 amide bonds. The molecule has 1 saturated heterocycles. The van der Waals surface area contributed by atoms with Gasteiger partial charge in [0.2, 0.25) is 0 Å². The predicted octanol–water partition coefficient (Wildman–Crippen LogP) is -2.91. The van der Waals surface area contributed by atoms with E-state index in [0.29, 0.717) is 10.0 Å². The highest BCUT2D eigenvalue weighted by Crippen LogP contribution is 2.25. The van der Waals surface area contributed by atoms with Gasteiger partial charge in [0.15, 0.2) is 0 Å². The summed E-state index contributed by atoms with van der Waals surface area (Å²) in [6.45, 7) is 4.14. The maximum absolute atomic E-state index is 6.13. The molecule has 0 bridgehead atoms. The van der Waals surface area contributed by atoms with E-state index in [2.05, 4.69) is 10.6 Å². The van der Waals surface area contributed by atoms with Crippen molar-refractivity contribution in [1.82, 2.24) is 10.6 Å². The van der Waals surface area contributed by atoms with Crippen LogP contribution in [0.5, 0.6) is 0 Å². The summed E-state index contributed by atoms with van der Waals surface area (Å²) in [7, 11) is 0. The van der Waals surface area contributed by atoms with Gasteiger partial charge in [-0.3, -0.25) is 0 Å². The van der Waals surface area contributed by atoms with Gasteiger partial charge in [0.1, 0.15) is 0 Å². The molecule has 1 heterocycles. The summed E-state index contributed by atoms with van der Waals surface area (Å²) in [5.74, 6) is 0.786. The predicted molar refractivity (Wildman–Crippen MR) is 73.8 cm³/mol. The average Bonchev–Trinajstić information content (AvgIpc) is 2.36. The van der Waals surface area contributed by atoms with Crippen LogP contribution in [-0.2, 0) is 6.54 Å². The highest BCUT2D eigenvalue weighted by atomic mass is 35.5. The van der Waals surface area contributed by atoms with Gasteiger partial charge >= 0.3 is 0 Å². The molecule has 0 radical (unpaired) electrons. The van der Waals surface area contributed by atoms with Crippen molar-refractivity contribution in [2.75, 3.05) is 19.6 Å². The molecule has 0 aliphatic carbocycles. The molecule has 1 aromatic carbocycles. The second-order valence-electron chi connectivity index (χ2n) is 4.54. The second-order valence-corrected chi connectivity index (χ2v) is 5.32. The summed E-state index contributed by atoms with van der Waals surface area (Å²) >= 11 is 12.1. The molecule has 0 spiro atoms. The zero-order valence-electron chi connectivity index (χ0n) is 10.6. The van der Waals surface area contributed by atoms with Crippen molar-refractivity contribution in [3.63, 3.8) is 0 Å². The van der Waals surface area contributed by atoms with Crippen LogP contribution in [0, 0.1) is 5.92 Å². The molecular weight excluding hydrogens is 326 g/mol. The molecule has 2 nitrogen and oxygen atoms in total. The van der Waals surface area contributed by atoms with Crippen LogP contribution in [0.15, 0.2) is 18.2 Å². The number of piperidine rings is 1. The first-order chi connectivity index (χ1) is 8.27. The van der Waals surface area contributed by atoms with E-state index in [-0.39, 0.29) is 24.8 Å². The topological polar surface area (TPSA) is 24.1 Å². The third kappa shape index (κ3) is 6.07. The Hall–Kier alpha value is 0.300. The lowest BCUT2D eigenvalue weighted by Gasteiger charge is -2.22. The summed E-state index contributed by atoms with van der Waals surface area (Å²) in [5.41, 5.74) is 1.08. The minimum absolute atomic E-state index is 0. The molecule has 1 aromatic rings. The maximum atomic E-state index is 6.13. The fourth-order valence-electron chi connectivity index (χ4n) is 2.18. The number of halogens is 4. The molecule has 110 valence electrons. The van der Waals surface area contributed by atoms with E-state index in [1.54, 1.807) is 0 Å². The zero-order chi connectivity index (χ0) is 12.1. The summed E-state index contributed by atoms with van der Waals surface area (Å²) in [4.78, 5) is 0. The molecule has 19 heavy (non-hydrogen) atoms. The summed E-state index contributed by atoms with van der Waals surface area (Å²) < 4.78 is 0. The monoisotopic (exact) mass is 342 g/mol. The Labute approximate surface area is 137 Å². The van der Waals surface area contributed by atoms with Gasteiger partial charge in [-0.15, -0.1) is 0 Å². The Morgan fingerprint density at radius 3 is 2.53 bits per heavy atom. The van der Waals surface area contributed by atoms with Crippen LogP contribution in [0.25, 0.3) is 0 Å². The largest absolute Gasteiger partial charge is 1.00 e. The van der Waals surface area contributed by atoms with Crippen molar-refractivity contribution in [2.45, 2.75) is 19.4 Å². The zero-order valence-corrected chi connectivity index (χ0v) is 13.6. The molecule has 0 atom stereocenters. The molecule has 0 saturated carbocycles. The molecule has 2 N–H and O–H groups in total. The SMILES string of the molecule is Clc1cccc(CNCC2CCNCC2)c1Cl.[Cl-].[Cl-]. The van der Waals surface area contributed by atoms with Crippen LogP contribution in [-0.4, -0.2) is 19.6 Å². The normalized spacial score (nSPS) is 15.5. The summed E-state index contributed by atoms with van der Waals surface area (Å²) in [5, 5.41) is 8.15. The lowest BCUT2D eigenvalue weighted by Crippen LogP contribution is -3.00. The van der Waals surface area contributed by atoms with E-state index >= 15 is 0 Å². The van der Waals surface area contributed by atoms with E-state index in [4.69, 9.17) is 23.2 Å². The van der Waals surface area contributed by atoms with E-state index in [0.717, 1.165) is 37.7 Å². The first kappa shape index (κ1) is 19.3. The molecule has 6 heteroatoms. The van der Waals surface area contributed by atoms with Crippen LogP contribution in [0.3, 0.4) is 0 Å². The van der Waals surface area contributed by atoms with Crippen LogP contribution in [0.1, 0.15) is 18.4 Å². The Morgan fingerprint density at radius 2 is 1.84 bits per heavy atom. The first-order valence-corrected chi connectivity index (χ1v) is 6.87. The fourth-order valence-corrected chi connectivity index (χ4v) is 2.57. The average molecular weight is 344 g/mol. The minimum Gasteiger partial charge on any atom is -1.00 e. The molecule has 1 aliphatic rings. The van der Waals surface area contributed by atoms with Crippen molar-refractivity contribution in [1.29, 1.82) is 0 Å². The van der Waals surface area contributed by atoms with Gasteiger partial charge in [0.05, 0.1) is 10.0 Å². The highest BCUT2D eigenvalue weighted by Gasteiger charge is 2.12. The Bertz CT molecular complexity index is 368. The van der Waals surface area contributed by atoms with Crippen molar-refractivity contribution in [3.05, 3.63) is 33.8 Å². The van der Waals surface area contributed by atoms with Crippen LogP contribution < -0.4 is 35.4 Å². The van der Waals surface area contributed by atoms with Gasteiger partial charge in [0.25, 0.3) is 0 Å². The summed E-state index contributed by atoms with van der Waals surface area (Å²) in [6, 6.07) is 5.78. The minimum atomic E-state index is 0. The lowest BCUT2D eigenvalue weighted by atomic mass is 9.98. The maximum Gasteiger partial charge on any atom is 0.0637 e. The van der Waals surface area contributed by atoms with Crippen molar-refractivity contribution >= 4 is 23.2 Å². The number of nitrogens with one attached hydrogen (secondary N) is 2. The molecule has 0 unspecified atom stereocenters. The van der Waals surface area contributed by atoms with E-state index in [9.17, 15) is 0 Å². The number of hydrogen-bond donors (Lipinski definition) is 2. The van der Waals surface area contributed by atoms with Crippen LogP contribution in [0.4, 0.5) is 0 Å². The van der Waals surface area contributed by atoms with E-state index < -0.39 is 0 Å². The standard InChI is InChI=1S/C13H18Cl2N2.2ClH/c14-12-3-1-2-11(13(12)15)9-17-8-10-4-6-16-7-5-10;;/h1-3,10,16-17H,4-9H2;2*1H/p-2. The van der Waals surface area contributed by atoms with Gasteiger partial charge in [-0.05, 0) is 50.0 Å². The fraction of sp³-hybridized carbons (Fsp3) is 0.538. The van der Waals surface area contributed by atoms with Crippen molar-refractivity contribution < 1.29 is 24.8 Å². The Balaban J connectivity index is 0.00000162. The number of hydrogen-bond acceptors (Lipinski definition) is 2. The molecule has 1 fully saturated rings. The van der Waals surface area contributed by atoms with Crippen molar-refractivity contribution in [3.8, 4) is 0 Å². The molecule has 0 aromatic heterocycles. The number of rotatable bonds is 4. The third-order valence-corrected chi connectivity index (χ3v) is 4.10. The quantitative estimate of drug-likeness (QED) is 0.612. The molecule has 1 aliphatic heterocycles.